The average Bonchev–Trinajstić information content (AvgIpc) is 2.77. The predicted molar refractivity (Wildman–Crippen MR) is 107 cm³/mol. The van der Waals surface area contributed by atoms with Crippen molar-refractivity contribution in [2.45, 2.75) is 32.8 Å². The summed E-state index contributed by atoms with van der Waals surface area (Å²) in [4.78, 5) is 4.86. The maximum Gasteiger partial charge on any atom is 0.0924 e. The number of halogens is 1. The van der Waals surface area contributed by atoms with E-state index >= 15 is 0 Å². The van der Waals surface area contributed by atoms with Crippen molar-refractivity contribution in [2.24, 2.45) is 4.99 Å². The number of allylic oxidation sites excluding steroid dienone is 4. The molecule has 4 heteroatoms. The summed E-state index contributed by atoms with van der Waals surface area (Å²) in [6, 6.07) is 7.97. The molecule has 1 aromatic carbocycles. The molecule has 0 saturated heterocycles. The topological polar surface area (TPSA) is 21.6 Å². The van der Waals surface area contributed by atoms with E-state index in [1.807, 2.05) is 19.1 Å². The largest absolute Gasteiger partial charge is 0.375 e. The van der Waals surface area contributed by atoms with Crippen LogP contribution >= 0.6 is 23.4 Å². The number of hydrogen-bond acceptors (Lipinski definition) is 3. The predicted octanol–water partition coefficient (Wildman–Crippen LogP) is 5.84. The number of hydrogen-bond donors (Lipinski definition) is 0. The summed E-state index contributed by atoms with van der Waals surface area (Å²) >= 11 is 7.67. The number of benzene rings is 1. The lowest BCUT2D eigenvalue weighted by atomic mass is 10.0. The molecule has 0 radical (unpaired) electrons. The first kappa shape index (κ1) is 19.0. The van der Waals surface area contributed by atoms with E-state index in [-0.39, 0.29) is 6.10 Å². The van der Waals surface area contributed by atoms with Crippen LogP contribution in [0.3, 0.4) is 0 Å². The smallest absolute Gasteiger partial charge is 0.0924 e. The van der Waals surface area contributed by atoms with Gasteiger partial charge in [0.05, 0.1) is 16.8 Å². The van der Waals surface area contributed by atoms with Gasteiger partial charge in [-0.2, -0.15) is 0 Å². The van der Waals surface area contributed by atoms with Crippen LogP contribution in [0.1, 0.15) is 25.8 Å². The summed E-state index contributed by atoms with van der Waals surface area (Å²) < 4.78 is 5.59. The van der Waals surface area contributed by atoms with E-state index in [1.54, 1.807) is 11.8 Å². The molecule has 1 atom stereocenters. The monoisotopic (exact) mass is 361 g/mol. The summed E-state index contributed by atoms with van der Waals surface area (Å²) in [5.74, 6) is 0. The van der Waals surface area contributed by atoms with Gasteiger partial charge in [-0.25, -0.2) is 4.99 Å². The average molecular weight is 362 g/mol. The Bertz CT molecular complexity index is 659. The summed E-state index contributed by atoms with van der Waals surface area (Å²) in [6.07, 6.45) is 12.5. The van der Waals surface area contributed by atoms with Gasteiger partial charge < -0.3 is 4.74 Å². The number of ether oxygens (including phenoxy) is 1. The maximum atomic E-state index is 5.99. The Hall–Kier alpha value is -1.29. The first-order chi connectivity index (χ1) is 11.6. The molecule has 1 heterocycles. The lowest BCUT2D eigenvalue weighted by Gasteiger charge is -2.10. The van der Waals surface area contributed by atoms with Crippen LogP contribution in [0.5, 0.6) is 0 Å². The highest BCUT2D eigenvalue weighted by Crippen LogP contribution is 2.22. The molecule has 1 aliphatic rings. The molecule has 1 aromatic rings. The van der Waals surface area contributed by atoms with Crippen molar-refractivity contribution in [1.82, 2.24) is 0 Å². The van der Waals surface area contributed by atoms with Crippen LogP contribution in [0.4, 0.5) is 0 Å². The Morgan fingerprint density at radius 1 is 1.29 bits per heavy atom. The van der Waals surface area contributed by atoms with E-state index in [0.717, 1.165) is 34.2 Å². The summed E-state index contributed by atoms with van der Waals surface area (Å²) in [7, 11) is 0. The molecule has 0 aliphatic carbocycles. The molecule has 0 aromatic heterocycles. The fourth-order valence-corrected chi connectivity index (χ4v) is 3.03. The summed E-state index contributed by atoms with van der Waals surface area (Å²) in [5, 5.41) is 1.82. The highest BCUT2D eigenvalue weighted by Gasteiger charge is 2.10. The normalized spacial score (nSPS) is 16.4. The van der Waals surface area contributed by atoms with Crippen LogP contribution in [0.15, 0.2) is 64.2 Å². The van der Waals surface area contributed by atoms with E-state index in [9.17, 15) is 0 Å². The Labute approximate surface area is 154 Å². The Morgan fingerprint density at radius 2 is 2.04 bits per heavy atom. The van der Waals surface area contributed by atoms with Gasteiger partial charge in [-0.1, -0.05) is 42.0 Å². The maximum absolute atomic E-state index is 5.99. The fraction of sp³-hybridized carbons (Fsp3) is 0.350. The third-order valence-electron chi connectivity index (χ3n) is 3.68. The SMILES string of the molecule is CCOC(C)/C=C/C1=CCC=C(SC)N=C1Cc1ccc(Cl)cc1. The molecule has 24 heavy (non-hydrogen) atoms. The van der Waals surface area contributed by atoms with Gasteiger partial charge in [0, 0.05) is 18.1 Å². The van der Waals surface area contributed by atoms with Crippen molar-refractivity contribution in [3.63, 3.8) is 0 Å². The quantitative estimate of drug-likeness (QED) is 0.608. The van der Waals surface area contributed by atoms with Gasteiger partial charge in [0.1, 0.15) is 0 Å². The third-order valence-corrected chi connectivity index (χ3v) is 4.61. The van der Waals surface area contributed by atoms with E-state index in [1.165, 1.54) is 5.56 Å². The zero-order chi connectivity index (χ0) is 17.4. The second-order valence-corrected chi connectivity index (χ2v) is 6.79. The molecule has 0 fully saturated rings. The van der Waals surface area contributed by atoms with Gasteiger partial charge in [0.15, 0.2) is 0 Å². The van der Waals surface area contributed by atoms with Crippen molar-refractivity contribution in [1.29, 1.82) is 0 Å². The molecule has 0 bridgehead atoms. The molecule has 128 valence electrons. The zero-order valence-corrected chi connectivity index (χ0v) is 16.0. The van der Waals surface area contributed by atoms with Gasteiger partial charge in [0.2, 0.25) is 0 Å². The highest BCUT2D eigenvalue weighted by molar-refractivity contribution is 8.02. The van der Waals surface area contributed by atoms with Gasteiger partial charge >= 0.3 is 0 Å². The zero-order valence-electron chi connectivity index (χ0n) is 14.5. The van der Waals surface area contributed by atoms with Crippen LogP contribution in [0, 0.1) is 0 Å². The number of aliphatic imine (C=N–C) groups is 1. The molecule has 0 amide bonds. The Morgan fingerprint density at radius 3 is 2.71 bits per heavy atom. The first-order valence-electron chi connectivity index (χ1n) is 8.19. The second-order valence-electron chi connectivity index (χ2n) is 5.52. The Balaban J connectivity index is 2.23. The summed E-state index contributed by atoms with van der Waals surface area (Å²) in [6.45, 7) is 4.78. The van der Waals surface area contributed by atoms with Crippen molar-refractivity contribution in [2.75, 3.05) is 12.9 Å². The van der Waals surface area contributed by atoms with Crippen LogP contribution in [0.25, 0.3) is 0 Å². The van der Waals surface area contributed by atoms with E-state index in [4.69, 9.17) is 21.3 Å². The second kappa shape index (κ2) is 9.87. The van der Waals surface area contributed by atoms with E-state index in [0.29, 0.717) is 6.61 Å². The van der Waals surface area contributed by atoms with Gasteiger partial charge in [-0.05, 0) is 55.9 Å². The van der Waals surface area contributed by atoms with Crippen LogP contribution in [-0.4, -0.2) is 24.7 Å². The molecule has 0 spiro atoms. The van der Waals surface area contributed by atoms with Gasteiger partial charge in [0.25, 0.3) is 0 Å². The fourth-order valence-electron chi connectivity index (χ4n) is 2.44. The molecule has 0 saturated carbocycles. The minimum absolute atomic E-state index is 0.101. The van der Waals surface area contributed by atoms with Crippen LogP contribution < -0.4 is 0 Å². The molecule has 2 nitrogen and oxygen atoms in total. The van der Waals surface area contributed by atoms with Crippen molar-refractivity contribution < 1.29 is 4.74 Å². The third kappa shape index (κ3) is 5.97. The first-order valence-corrected chi connectivity index (χ1v) is 9.79. The molecule has 2 rings (SSSR count). The highest BCUT2D eigenvalue weighted by atomic mass is 35.5. The lowest BCUT2D eigenvalue weighted by molar-refractivity contribution is 0.109. The number of nitrogens with zero attached hydrogens (tertiary/aromatic N) is 1. The summed E-state index contributed by atoms with van der Waals surface area (Å²) in [5.41, 5.74) is 3.45. The molecular formula is C20H24ClNOS. The van der Waals surface area contributed by atoms with Crippen molar-refractivity contribution >= 4 is 29.1 Å². The number of rotatable bonds is 7. The van der Waals surface area contributed by atoms with Gasteiger partial charge in [-0.15, -0.1) is 11.8 Å². The Kier molecular flexibility index (Phi) is 7.83. The van der Waals surface area contributed by atoms with Gasteiger partial charge in [-0.3, -0.25) is 0 Å². The van der Waals surface area contributed by atoms with Crippen LogP contribution in [-0.2, 0) is 11.2 Å². The molecule has 1 unspecified atom stereocenters. The number of thioether (sulfide) groups is 1. The minimum atomic E-state index is 0.101. The van der Waals surface area contributed by atoms with Crippen molar-refractivity contribution in [3.05, 3.63) is 69.8 Å². The van der Waals surface area contributed by atoms with Crippen LogP contribution in [0.2, 0.25) is 5.02 Å². The lowest BCUT2D eigenvalue weighted by Crippen LogP contribution is -2.08. The standard InChI is InChI=1S/C20H24ClNOS/c1-4-23-15(2)8-11-17-6-5-7-20(24-3)22-19(17)14-16-9-12-18(21)13-10-16/h6-13,15H,4-5,14H2,1-3H3/b11-8+. The van der Waals surface area contributed by atoms with E-state index < -0.39 is 0 Å². The van der Waals surface area contributed by atoms with E-state index in [2.05, 4.69) is 49.6 Å². The molecule has 0 N–H and O–H groups in total. The molecule has 1 aliphatic heterocycles. The minimum Gasteiger partial charge on any atom is -0.375 e. The molecular weight excluding hydrogens is 338 g/mol. The van der Waals surface area contributed by atoms with Crippen molar-refractivity contribution in [3.8, 4) is 0 Å².